The lowest BCUT2D eigenvalue weighted by molar-refractivity contribution is -0.136. The number of rotatable bonds is 7. The van der Waals surface area contributed by atoms with Gasteiger partial charge in [-0.2, -0.15) is 5.10 Å². The summed E-state index contributed by atoms with van der Waals surface area (Å²) < 4.78 is 37.9. The first-order valence-electron chi connectivity index (χ1n) is 11.5. The largest absolute Gasteiger partial charge is 0.481 e. The molecule has 0 aliphatic carbocycles. The molecule has 0 bridgehead atoms. The average molecular weight is 554 g/mol. The predicted molar refractivity (Wildman–Crippen MR) is 144 cm³/mol. The minimum Gasteiger partial charge on any atom is -0.481 e. The number of aromatic nitrogens is 2. The number of nitrogens with one attached hydrogen (secondary N) is 1. The summed E-state index contributed by atoms with van der Waals surface area (Å²) in [5.74, 6) is -2.99. The van der Waals surface area contributed by atoms with Crippen molar-refractivity contribution in [3.63, 3.8) is 0 Å². The maximum Gasteiger partial charge on any atom is 0.413 e. The lowest BCUT2D eigenvalue weighted by atomic mass is 10.1. The molecule has 0 saturated carbocycles. The average Bonchev–Trinajstić information content (AvgIpc) is 3.56. The van der Waals surface area contributed by atoms with Crippen molar-refractivity contribution in [3.8, 4) is 20.9 Å². The first-order chi connectivity index (χ1) is 18.2. The number of hydrogen-bond acceptors (Lipinski definition) is 6. The fourth-order valence-electron chi connectivity index (χ4n) is 4.03. The van der Waals surface area contributed by atoms with Crippen LogP contribution in [0.4, 0.5) is 19.4 Å². The number of carbonyl (C=O) groups excluding carboxylic acids is 1. The van der Waals surface area contributed by atoms with Crippen LogP contribution in [0, 0.1) is 11.6 Å². The van der Waals surface area contributed by atoms with Gasteiger partial charge >= 0.3 is 12.1 Å². The van der Waals surface area contributed by atoms with E-state index in [1.54, 1.807) is 30.9 Å². The monoisotopic (exact) mass is 553 g/mol. The van der Waals surface area contributed by atoms with E-state index in [1.165, 1.54) is 34.8 Å². The zero-order valence-corrected chi connectivity index (χ0v) is 21.8. The molecule has 3 aromatic heterocycles. The van der Waals surface area contributed by atoms with Crippen molar-refractivity contribution in [1.29, 1.82) is 0 Å². The summed E-state index contributed by atoms with van der Waals surface area (Å²) in [7, 11) is 1.71. The predicted octanol–water partition coefficient (Wildman–Crippen LogP) is 7.25. The SMILES string of the molecule is C[C@@H](OC(=O)Nc1c(-c2cc3sc(-c4ccc(CC(=O)O)c(F)c4F)cc3s2)cnn1C)c1ccccc1. The normalized spacial score (nSPS) is 12.0. The molecule has 0 aliphatic heterocycles. The summed E-state index contributed by atoms with van der Waals surface area (Å²) in [6.45, 7) is 1.79. The summed E-state index contributed by atoms with van der Waals surface area (Å²) in [5.41, 5.74) is 1.44. The topological polar surface area (TPSA) is 93.4 Å². The Bertz CT molecular complexity index is 1630. The molecule has 7 nitrogen and oxygen atoms in total. The van der Waals surface area contributed by atoms with Gasteiger partial charge in [-0.05, 0) is 24.6 Å². The van der Waals surface area contributed by atoms with Crippen LogP contribution in [0.25, 0.3) is 30.3 Å². The lowest BCUT2D eigenvalue weighted by Crippen LogP contribution is -2.18. The highest BCUT2D eigenvalue weighted by Gasteiger charge is 2.21. The van der Waals surface area contributed by atoms with Crippen molar-refractivity contribution < 1.29 is 28.2 Å². The van der Waals surface area contributed by atoms with Crippen LogP contribution in [0.5, 0.6) is 0 Å². The van der Waals surface area contributed by atoms with Crippen LogP contribution in [0.15, 0.2) is 60.8 Å². The second kappa shape index (κ2) is 10.3. The Morgan fingerprint density at radius 1 is 1.03 bits per heavy atom. The molecule has 5 aromatic rings. The number of amides is 1. The highest BCUT2D eigenvalue weighted by Crippen LogP contribution is 2.44. The van der Waals surface area contributed by atoms with Gasteiger partial charge in [0.1, 0.15) is 11.9 Å². The molecule has 0 aliphatic rings. The van der Waals surface area contributed by atoms with E-state index in [9.17, 15) is 18.4 Å². The molecule has 0 radical (unpaired) electrons. The minimum absolute atomic E-state index is 0.0746. The van der Waals surface area contributed by atoms with Gasteiger partial charge in [0.25, 0.3) is 0 Å². The molecule has 2 N–H and O–H groups in total. The Morgan fingerprint density at radius 3 is 2.34 bits per heavy atom. The fourth-order valence-corrected chi connectivity index (χ4v) is 6.45. The van der Waals surface area contributed by atoms with Gasteiger partial charge in [-0.3, -0.25) is 14.8 Å². The van der Waals surface area contributed by atoms with E-state index in [4.69, 9.17) is 9.84 Å². The minimum atomic E-state index is -1.23. The Balaban J connectivity index is 1.38. The third-order valence-corrected chi connectivity index (χ3v) is 8.31. The number of benzene rings is 2. The Morgan fingerprint density at radius 2 is 1.68 bits per heavy atom. The molecule has 38 heavy (non-hydrogen) atoms. The second-order valence-electron chi connectivity index (χ2n) is 8.53. The number of ether oxygens (including phenoxy) is 1. The van der Waals surface area contributed by atoms with Gasteiger partial charge in [0.05, 0.1) is 18.2 Å². The molecule has 5 rings (SSSR count). The summed E-state index contributed by atoms with van der Waals surface area (Å²) in [6.07, 6.45) is -0.00741. The zero-order valence-electron chi connectivity index (χ0n) is 20.2. The van der Waals surface area contributed by atoms with E-state index >= 15 is 0 Å². The van der Waals surface area contributed by atoms with Gasteiger partial charge in [-0.25, -0.2) is 13.6 Å². The van der Waals surface area contributed by atoms with Crippen molar-refractivity contribution in [3.05, 3.63) is 83.6 Å². The molecular formula is C27H21F2N3O4S2. The first kappa shape index (κ1) is 25.6. The van der Waals surface area contributed by atoms with Crippen LogP contribution < -0.4 is 5.32 Å². The van der Waals surface area contributed by atoms with Gasteiger partial charge in [-0.1, -0.05) is 42.5 Å². The number of carboxylic acids is 1. The molecule has 2 aromatic carbocycles. The van der Waals surface area contributed by atoms with Crippen molar-refractivity contribution in [2.45, 2.75) is 19.4 Å². The van der Waals surface area contributed by atoms with Crippen molar-refractivity contribution in [2.24, 2.45) is 7.05 Å². The number of fused-ring (bicyclic) bond motifs is 1. The van der Waals surface area contributed by atoms with Crippen LogP contribution in [0.3, 0.4) is 0 Å². The number of carbonyl (C=O) groups is 2. The Kier molecular flexibility index (Phi) is 6.96. The quantitative estimate of drug-likeness (QED) is 0.222. The molecule has 1 amide bonds. The maximum atomic E-state index is 14.7. The van der Waals surface area contributed by atoms with E-state index in [0.29, 0.717) is 16.3 Å². The third kappa shape index (κ3) is 5.02. The Hall–Kier alpha value is -4.09. The first-order valence-corrected chi connectivity index (χ1v) is 13.1. The number of aryl methyl sites for hydroxylation is 1. The van der Waals surface area contributed by atoms with Crippen molar-refractivity contribution in [2.75, 3.05) is 5.32 Å². The van der Waals surface area contributed by atoms with Crippen LogP contribution in [-0.4, -0.2) is 26.9 Å². The molecule has 194 valence electrons. The van der Waals surface area contributed by atoms with Crippen LogP contribution >= 0.6 is 22.7 Å². The standard InChI is InChI=1S/C27H21F2N3O4S2/c1-14(15-6-4-3-5-7-15)36-27(35)31-26-18(13-30-32(26)2)20-12-22-21(38-20)11-19(37-22)17-9-8-16(10-23(33)34)24(28)25(17)29/h3-9,11-14H,10H2,1-2H3,(H,31,35)(H,33,34)/t14-/m1/s1. The van der Waals surface area contributed by atoms with Gasteiger partial charge in [-0.15, -0.1) is 22.7 Å². The van der Waals surface area contributed by atoms with Crippen molar-refractivity contribution in [1.82, 2.24) is 9.78 Å². The molecule has 0 unspecified atom stereocenters. The molecule has 0 fully saturated rings. The number of aliphatic carboxylic acids is 1. The third-order valence-electron chi connectivity index (χ3n) is 5.95. The molecular weight excluding hydrogens is 532 g/mol. The lowest BCUT2D eigenvalue weighted by Gasteiger charge is -2.14. The fraction of sp³-hybridized carbons (Fsp3) is 0.148. The molecule has 3 heterocycles. The van der Waals surface area contributed by atoms with E-state index in [-0.39, 0.29) is 11.1 Å². The summed E-state index contributed by atoms with van der Waals surface area (Å²) >= 11 is 2.71. The van der Waals surface area contributed by atoms with Gasteiger partial charge in [0.15, 0.2) is 11.6 Å². The second-order valence-corrected chi connectivity index (χ2v) is 10.7. The zero-order chi connectivity index (χ0) is 27.0. The number of carboxylic acid groups (broad SMARTS) is 1. The number of nitrogens with zero attached hydrogens (tertiary/aromatic N) is 2. The highest BCUT2D eigenvalue weighted by molar-refractivity contribution is 7.31. The number of thiophene rings is 2. The van der Waals surface area contributed by atoms with E-state index in [1.807, 2.05) is 36.4 Å². The molecule has 0 saturated heterocycles. The van der Waals surface area contributed by atoms with Gasteiger partial charge in [0, 0.05) is 37.3 Å². The number of hydrogen-bond donors (Lipinski definition) is 2. The Labute approximate surface area is 223 Å². The van der Waals surface area contributed by atoms with E-state index in [2.05, 4.69) is 10.4 Å². The molecule has 11 heteroatoms. The van der Waals surface area contributed by atoms with Gasteiger partial charge in [0.2, 0.25) is 0 Å². The summed E-state index contributed by atoms with van der Waals surface area (Å²) in [4.78, 5) is 24.9. The maximum absolute atomic E-state index is 14.7. The van der Waals surface area contributed by atoms with Crippen molar-refractivity contribution >= 4 is 50.0 Å². The van der Waals surface area contributed by atoms with E-state index in [0.717, 1.165) is 19.8 Å². The van der Waals surface area contributed by atoms with Crippen LogP contribution in [0.2, 0.25) is 0 Å². The smallest absolute Gasteiger partial charge is 0.413 e. The number of anilines is 1. The summed E-state index contributed by atoms with van der Waals surface area (Å²) in [6, 6.07) is 15.8. The molecule has 1 atom stereocenters. The van der Waals surface area contributed by atoms with Crippen LogP contribution in [-0.2, 0) is 23.0 Å². The molecule has 0 spiro atoms. The van der Waals surface area contributed by atoms with Crippen LogP contribution in [0.1, 0.15) is 24.2 Å². The highest BCUT2D eigenvalue weighted by atomic mass is 32.1. The van der Waals surface area contributed by atoms with E-state index < -0.39 is 36.2 Å². The number of halogens is 2. The van der Waals surface area contributed by atoms with Gasteiger partial charge < -0.3 is 9.84 Å². The summed E-state index contributed by atoms with van der Waals surface area (Å²) in [5, 5.41) is 15.9.